The molecule has 0 fully saturated rings. The summed E-state index contributed by atoms with van der Waals surface area (Å²) in [6, 6.07) is 0. The summed E-state index contributed by atoms with van der Waals surface area (Å²) in [4.78, 5) is 3.98. The van der Waals surface area contributed by atoms with Crippen LogP contribution in [0.5, 0.6) is 0 Å². The molecule has 2 heteroatoms. The Morgan fingerprint density at radius 1 is 1.86 bits per heavy atom. The molecule has 1 aliphatic heterocycles. The van der Waals surface area contributed by atoms with Gasteiger partial charge in [-0.15, -0.1) is 0 Å². The minimum Gasteiger partial charge on any atom is -0.295 e. The van der Waals surface area contributed by atoms with Crippen LogP contribution in [-0.2, 0) is 0 Å². The summed E-state index contributed by atoms with van der Waals surface area (Å²) in [7, 11) is 0. The van der Waals surface area contributed by atoms with E-state index in [1.807, 2.05) is 6.21 Å². The van der Waals surface area contributed by atoms with E-state index in [0.717, 1.165) is 13.0 Å². The third-order valence-electron chi connectivity index (χ3n) is 0.939. The third kappa shape index (κ3) is 1.27. The van der Waals surface area contributed by atoms with Crippen LogP contribution in [0.4, 0.5) is 0 Å². The minimum absolute atomic E-state index is 0.105. The van der Waals surface area contributed by atoms with Gasteiger partial charge in [0.25, 0.3) is 0 Å². The van der Waals surface area contributed by atoms with Crippen molar-refractivity contribution in [2.45, 2.75) is 12.6 Å². The zero-order chi connectivity index (χ0) is 5.11. The molecule has 1 atom stereocenters. The zero-order valence-electron chi connectivity index (χ0n) is 4.22. The van der Waals surface area contributed by atoms with Crippen molar-refractivity contribution >= 4 is 6.21 Å². The Labute approximate surface area is 43.6 Å². The molecule has 0 bridgehead atoms. The SMILES string of the molecule is [CH2]C1N=CCCN1. The van der Waals surface area contributed by atoms with Gasteiger partial charge in [0.15, 0.2) is 0 Å². The highest BCUT2D eigenvalue weighted by atomic mass is 15.1. The van der Waals surface area contributed by atoms with Gasteiger partial charge in [0, 0.05) is 12.8 Å². The first-order valence-corrected chi connectivity index (χ1v) is 2.48. The first kappa shape index (κ1) is 4.78. The first-order valence-electron chi connectivity index (χ1n) is 2.48. The predicted molar refractivity (Wildman–Crippen MR) is 30.3 cm³/mol. The van der Waals surface area contributed by atoms with E-state index in [-0.39, 0.29) is 6.17 Å². The van der Waals surface area contributed by atoms with Crippen LogP contribution in [0.25, 0.3) is 0 Å². The topological polar surface area (TPSA) is 24.4 Å². The Bertz CT molecular complexity index is 78.1. The lowest BCUT2D eigenvalue weighted by molar-refractivity contribution is 0.602. The molecule has 1 rings (SSSR count). The fourth-order valence-corrected chi connectivity index (χ4v) is 0.569. The number of aliphatic imine (C=N–C) groups is 1. The Morgan fingerprint density at radius 2 is 2.71 bits per heavy atom. The van der Waals surface area contributed by atoms with E-state index in [4.69, 9.17) is 0 Å². The smallest absolute Gasteiger partial charge is 0.0991 e. The number of rotatable bonds is 0. The van der Waals surface area contributed by atoms with E-state index >= 15 is 0 Å². The van der Waals surface area contributed by atoms with Gasteiger partial charge in [0.2, 0.25) is 0 Å². The molecule has 39 valence electrons. The summed E-state index contributed by atoms with van der Waals surface area (Å²) in [5, 5.41) is 3.07. The first-order chi connectivity index (χ1) is 3.39. The summed E-state index contributed by atoms with van der Waals surface area (Å²) in [6.45, 7) is 4.71. The molecule has 2 nitrogen and oxygen atoms in total. The van der Waals surface area contributed by atoms with E-state index in [2.05, 4.69) is 17.2 Å². The second kappa shape index (κ2) is 2.07. The van der Waals surface area contributed by atoms with E-state index < -0.39 is 0 Å². The molecule has 0 aromatic carbocycles. The van der Waals surface area contributed by atoms with E-state index in [9.17, 15) is 0 Å². The monoisotopic (exact) mass is 97.1 g/mol. The standard InChI is InChI=1S/C5H9N2/c1-5-6-3-2-4-7-5/h3,5,7H,1-2,4H2. The van der Waals surface area contributed by atoms with Crippen molar-refractivity contribution in [1.82, 2.24) is 5.32 Å². The summed E-state index contributed by atoms with van der Waals surface area (Å²) >= 11 is 0. The van der Waals surface area contributed by atoms with E-state index in [0.29, 0.717) is 0 Å². The van der Waals surface area contributed by atoms with Crippen LogP contribution in [0, 0.1) is 6.92 Å². The average Bonchev–Trinajstić information content (AvgIpc) is 1.69. The fourth-order valence-electron chi connectivity index (χ4n) is 0.569. The lowest BCUT2D eigenvalue weighted by atomic mass is 10.4. The van der Waals surface area contributed by atoms with Crippen LogP contribution in [0.1, 0.15) is 6.42 Å². The van der Waals surface area contributed by atoms with Crippen molar-refractivity contribution in [2.24, 2.45) is 4.99 Å². The Morgan fingerprint density at radius 3 is 3.00 bits per heavy atom. The molecule has 0 aromatic rings. The molecule has 1 N–H and O–H groups in total. The van der Waals surface area contributed by atoms with Gasteiger partial charge in [0.05, 0.1) is 6.17 Å². The molecule has 0 aromatic heterocycles. The van der Waals surface area contributed by atoms with Gasteiger partial charge in [-0.25, -0.2) is 0 Å². The molecule has 0 amide bonds. The van der Waals surface area contributed by atoms with Crippen molar-refractivity contribution in [3.8, 4) is 0 Å². The second-order valence-electron chi connectivity index (χ2n) is 1.59. The molecule has 0 aliphatic carbocycles. The van der Waals surface area contributed by atoms with Crippen molar-refractivity contribution in [2.75, 3.05) is 6.54 Å². The summed E-state index contributed by atoms with van der Waals surface area (Å²) in [5.74, 6) is 0. The van der Waals surface area contributed by atoms with Crippen LogP contribution in [0.15, 0.2) is 4.99 Å². The van der Waals surface area contributed by atoms with Crippen LogP contribution < -0.4 is 5.32 Å². The van der Waals surface area contributed by atoms with Gasteiger partial charge in [-0.1, -0.05) is 0 Å². The van der Waals surface area contributed by atoms with E-state index in [1.165, 1.54) is 0 Å². The highest BCUT2D eigenvalue weighted by Gasteiger charge is 1.97. The highest BCUT2D eigenvalue weighted by Crippen LogP contribution is 1.87. The lowest BCUT2D eigenvalue weighted by Gasteiger charge is -2.11. The average molecular weight is 97.1 g/mol. The van der Waals surface area contributed by atoms with Crippen LogP contribution >= 0.6 is 0 Å². The summed E-state index contributed by atoms with van der Waals surface area (Å²) in [5.41, 5.74) is 0. The normalized spacial score (nSPS) is 30.7. The fraction of sp³-hybridized carbons (Fsp3) is 0.600. The number of hydrogen-bond donors (Lipinski definition) is 1. The number of hydrogen-bond acceptors (Lipinski definition) is 2. The lowest BCUT2D eigenvalue weighted by Crippen LogP contribution is -2.29. The number of nitrogens with one attached hydrogen (secondary N) is 1. The summed E-state index contributed by atoms with van der Waals surface area (Å²) < 4.78 is 0. The zero-order valence-corrected chi connectivity index (χ0v) is 4.22. The van der Waals surface area contributed by atoms with Crippen LogP contribution in [-0.4, -0.2) is 18.9 Å². The third-order valence-corrected chi connectivity index (χ3v) is 0.939. The highest BCUT2D eigenvalue weighted by molar-refractivity contribution is 5.58. The van der Waals surface area contributed by atoms with Gasteiger partial charge in [-0.2, -0.15) is 0 Å². The predicted octanol–water partition coefficient (Wildman–Crippen LogP) is 0.211. The Kier molecular flexibility index (Phi) is 1.42. The summed E-state index contributed by atoms with van der Waals surface area (Å²) in [6.07, 6.45) is 3.06. The molecule has 1 radical (unpaired) electrons. The van der Waals surface area contributed by atoms with Crippen molar-refractivity contribution in [3.63, 3.8) is 0 Å². The van der Waals surface area contributed by atoms with Gasteiger partial charge >= 0.3 is 0 Å². The van der Waals surface area contributed by atoms with Crippen molar-refractivity contribution < 1.29 is 0 Å². The largest absolute Gasteiger partial charge is 0.295 e. The number of nitrogens with zero attached hydrogens (tertiary/aromatic N) is 1. The Balaban J connectivity index is 2.36. The molecule has 1 unspecified atom stereocenters. The molecule has 0 saturated carbocycles. The maximum atomic E-state index is 3.98. The molecule has 1 aliphatic rings. The van der Waals surface area contributed by atoms with Gasteiger partial charge in [-0.05, 0) is 13.3 Å². The molecule has 7 heavy (non-hydrogen) atoms. The van der Waals surface area contributed by atoms with Crippen molar-refractivity contribution in [3.05, 3.63) is 6.92 Å². The van der Waals surface area contributed by atoms with Gasteiger partial charge in [0.1, 0.15) is 0 Å². The quantitative estimate of drug-likeness (QED) is 0.459. The van der Waals surface area contributed by atoms with Gasteiger partial charge < -0.3 is 0 Å². The molecular weight excluding hydrogens is 88.1 g/mol. The van der Waals surface area contributed by atoms with Crippen molar-refractivity contribution in [1.29, 1.82) is 0 Å². The van der Waals surface area contributed by atoms with Crippen LogP contribution in [0.2, 0.25) is 0 Å². The maximum absolute atomic E-state index is 3.98. The molecule has 1 heterocycles. The van der Waals surface area contributed by atoms with Gasteiger partial charge in [-0.3, -0.25) is 10.3 Å². The maximum Gasteiger partial charge on any atom is 0.0991 e. The van der Waals surface area contributed by atoms with Crippen LogP contribution in [0.3, 0.4) is 0 Å². The van der Waals surface area contributed by atoms with E-state index in [1.54, 1.807) is 0 Å². The second-order valence-corrected chi connectivity index (χ2v) is 1.59. The Hall–Kier alpha value is -0.370. The molecule has 0 saturated heterocycles. The molecular formula is C5H9N2. The minimum atomic E-state index is 0.105. The molecule has 0 spiro atoms.